The third-order valence-electron chi connectivity index (χ3n) is 7.14. The molecule has 6 rings (SSSR count). The van der Waals surface area contributed by atoms with Gasteiger partial charge in [0.15, 0.2) is 5.82 Å². The molecule has 1 amide bonds. The lowest BCUT2D eigenvalue weighted by molar-refractivity contribution is -0.138. The molecule has 0 bridgehead atoms. The van der Waals surface area contributed by atoms with Gasteiger partial charge in [-0.15, -0.1) is 10.2 Å². The van der Waals surface area contributed by atoms with E-state index in [9.17, 15) is 23.2 Å². The predicted octanol–water partition coefficient (Wildman–Crippen LogP) is 4.79. The highest BCUT2D eigenvalue weighted by Gasteiger charge is 2.41. The number of fused-ring (bicyclic) bond motifs is 1. The quantitative estimate of drug-likeness (QED) is 0.371. The molecule has 2 aliphatic rings. The first-order chi connectivity index (χ1) is 19.2. The van der Waals surface area contributed by atoms with Crippen molar-refractivity contribution in [3.8, 4) is 28.6 Å². The molecule has 9 nitrogen and oxygen atoms in total. The van der Waals surface area contributed by atoms with Gasteiger partial charge in [0, 0.05) is 25.3 Å². The second-order valence-corrected chi connectivity index (χ2v) is 9.72. The number of nitrogens with one attached hydrogen (secondary N) is 1. The molecule has 2 atom stereocenters. The fourth-order valence-corrected chi connectivity index (χ4v) is 5.02. The highest BCUT2D eigenvalue weighted by atomic mass is 19.4. The number of carbonyl (C=O) groups is 1. The Labute approximate surface area is 226 Å². The summed E-state index contributed by atoms with van der Waals surface area (Å²) in [6.45, 7) is -0.280. The predicted molar refractivity (Wildman–Crippen MR) is 139 cm³/mol. The lowest BCUT2D eigenvalue weighted by atomic mass is 9.97. The summed E-state index contributed by atoms with van der Waals surface area (Å²) in [7, 11) is 3.40. The second-order valence-electron chi connectivity index (χ2n) is 9.72. The van der Waals surface area contributed by atoms with E-state index in [-0.39, 0.29) is 35.6 Å². The van der Waals surface area contributed by atoms with Gasteiger partial charge in [-0.05, 0) is 65.6 Å². The number of benzene rings is 2. The van der Waals surface area contributed by atoms with Crippen LogP contribution in [0.5, 0.6) is 0 Å². The minimum absolute atomic E-state index is 0.00274. The van der Waals surface area contributed by atoms with E-state index in [4.69, 9.17) is 4.74 Å². The van der Waals surface area contributed by atoms with Crippen LogP contribution in [-0.4, -0.2) is 44.9 Å². The Balaban J connectivity index is 1.49. The molecule has 4 aromatic rings. The molecule has 12 heteroatoms. The number of rotatable bonds is 6. The minimum atomic E-state index is -4.60. The number of alkyl halides is 3. The van der Waals surface area contributed by atoms with Crippen molar-refractivity contribution >= 4 is 17.5 Å². The summed E-state index contributed by atoms with van der Waals surface area (Å²) in [4.78, 5) is 19.2. The number of halogens is 3. The first-order valence-corrected chi connectivity index (χ1v) is 12.4. The molecule has 1 aliphatic carbocycles. The molecule has 1 saturated carbocycles. The SMILES string of the molecule is CO[C@H]1C[C@H]1Nc1cc(-c2cc(C#N)ccc2-c2nncn2C)cc(N2Cc3c(cccc3C(F)(F)F)C2=O)n1. The van der Waals surface area contributed by atoms with Crippen LogP contribution in [0.1, 0.15) is 33.5 Å². The normalized spacial score (nSPS) is 18.0. The van der Waals surface area contributed by atoms with Crippen LogP contribution in [0.3, 0.4) is 0 Å². The number of aryl methyl sites for hydroxylation is 1. The van der Waals surface area contributed by atoms with Gasteiger partial charge in [-0.2, -0.15) is 18.4 Å². The number of hydrogen-bond donors (Lipinski definition) is 1. The highest BCUT2D eigenvalue weighted by Crippen LogP contribution is 2.41. The Bertz CT molecular complexity index is 1690. The fraction of sp³-hybridized carbons (Fsp3) is 0.250. The number of nitrogens with zero attached hydrogens (tertiary/aromatic N) is 6. The third-order valence-corrected chi connectivity index (χ3v) is 7.14. The first-order valence-electron chi connectivity index (χ1n) is 12.4. The molecular weight excluding hydrogens is 523 g/mol. The van der Waals surface area contributed by atoms with Crippen LogP contribution < -0.4 is 10.2 Å². The van der Waals surface area contributed by atoms with Crippen molar-refractivity contribution < 1.29 is 22.7 Å². The average Bonchev–Trinajstić information content (AvgIpc) is 3.41. The summed E-state index contributed by atoms with van der Waals surface area (Å²) in [5, 5.41) is 21.1. The van der Waals surface area contributed by atoms with Crippen LogP contribution in [0, 0.1) is 11.3 Å². The molecule has 0 radical (unpaired) electrons. The maximum Gasteiger partial charge on any atom is 0.416 e. The fourth-order valence-electron chi connectivity index (χ4n) is 5.02. The Hall–Kier alpha value is -4.76. The number of amides is 1. The van der Waals surface area contributed by atoms with E-state index in [1.807, 2.05) is 0 Å². The monoisotopic (exact) mass is 545 g/mol. The highest BCUT2D eigenvalue weighted by molar-refractivity contribution is 6.10. The third kappa shape index (κ3) is 4.44. The number of pyridine rings is 1. The molecular formula is C28H22F3N7O2. The zero-order valence-electron chi connectivity index (χ0n) is 21.4. The van der Waals surface area contributed by atoms with Gasteiger partial charge in [0.25, 0.3) is 5.91 Å². The number of methoxy groups -OCH3 is 1. The minimum Gasteiger partial charge on any atom is -0.379 e. The Kier molecular flexibility index (Phi) is 6.03. The van der Waals surface area contributed by atoms with Crippen molar-refractivity contribution in [1.82, 2.24) is 19.7 Å². The molecule has 0 spiro atoms. The van der Waals surface area contributed by atoms with Crippen molar-refractivity contribution in [3.63, 3.8) is 0 Å². The van der Waals surface area contributed by atoms with E-state index < -0.39 is 17.6 Å². The summed E-state index contributed by atoms with van der Waals surface area (Å²) < 4.78 is 48.4. The lowest BCUT2D eigenvalue weighted by Gasteiger charge is -2.19. The standard InChI is InChI=1S/C28H22F3N7O2/c1-37-14-33-36-26(37)17-7-6-15(12-32)8-19(17)16-9-24(34-22-11-23(22)40-2)35-25(10-16)38-13-20-18(27(38)39)4-3-5-21(20)28(29,30)31/h3-10,14,22-23H,11,13H2,1-2H3,(H,34,35)/t22-,23+/m1/s1. The van der Waals surface area contributed by atoms with E-state index in [1.165, 1.54) is 17.0 Å². The second kappa shape index (κ2) is 9.46. The van der Waals surface area contributed by atoms with Gasteiger partial charge in [-0.1, -0.05) is 6.07 Å². The Morgan fingerprint density at radius 3 is 2.62 bits per heavy atom. The molecule has 202 valence electrons. The van der Waals surface area contributed by atoms with Crippen molar-refractivity contribution in [2.24, 2.45) is 7.05 Å². The molecule has 0 unspecified atom stereocenters. The molecule has 0 saturated heterocycles. The van der Waals surface area contributed by atoms with E-state index in [0.29, 0.717) is 33.9 Å². The first kappa shape index (κ1) is 25.5. The van der Waals surface area contributed by atoms with Crippen molar-refractivity contribution in [3.05, 3.63) is 77.1 Å². The van der Waals surface area contributed by atoms with Crippen molar-refractivity contribution in [2.45, 2.75) is 31.3 Å². The van der Waals surface area contributed by atoms with Gasteiger partial charge in [0.05, 0.1) is 35.9 Å². The molecule has 3 heterocycles. The van der Waals surface area contributed by atoms with Crippen LogP contribution in [0.2, 0.25) is 0 Å². The van der Waals surface area contributed by atoms with Gasteiger partial charge in [-0.3, -0.25) is 9.69 Å². The van der Waals surface area contributed by atoms with E-state index in [0.717, 1.165) is 12.5 Å². The maximum absolute atomic E-state index is 13.7. The molecule has 1 N–H and O–H groups in total. The summed E-state index contributed by atoms with van der Waals surface area (Å²) in [6, 6.07) is 14.3. The topological polar surface area (TPSA) is 109 Å². The number of hydrogen-bond acceptors (Lipinski definition) is 7. The number of ether oxygens (including phenoxy) is 1. The van der Waals surface area contributed by atoms with Crippen molar-refractivity contribution in [2.75, 3.05) is 17.3 Å². The van der Waals surface area contributed by atoms with Crippen LogP contribution in [0.25, 0.3) is 22.5 Å². The number of carbonyl (C=O) groups excluding carboxylic acids is 1. The Morgan fingerprint density at radius 1 is 1.12 bits per heavy atom. The average molecular weight is 546 g/mol. The summed E-state index contributed by atoms with van der Waals surface area (Å²) in [6.07, 6.45) is -2.29. The smallest absolute Gasteiger partial charge is 0.379 e. The summed E-state index contributed by atoms with van der Waals surface area (Å²) in [5.74, 6) is 0.573. The molecule has 2 aromatic heterocycles. The molecule has 1 fully saturated rings. The van der Waals surface area contributed by atoms with Gasteiger partial charge in [-0.25, -0.2) is 4.98 Å². The van der Waals surface area contributed by atoms with Crippen LogP contribution >= 0.6 is 0 Å². The van der Waals surface area contributed by atoms with Crippen molar-refractivity contribution in [1.29, 1.82) is 5.26 Å². The zero-order valence-corrected chi connectivity index (χ0v) is 21.4. The molecule has 2 aromatic carbocycles. The molecule has 40 heavy (non-hydrogen) atoms. The van der Waals surface area contributed by atoms with Gasteiger partial charge < -0.3 is 14.6 Å². The van der Waals surface area contributed by atoms with Crippen LogP contribution in [-0.2, 0) is 24.5 Å². The van der Waals surface area contributed by atoms with E-state index in [2.05, 4.69) is 26.6 Å². The van der Waals surface area contributed by atoms with Crippen LogP contribution in [0.15, 0.2) is 54.9 Å². The van der Waals surface area contributed by atoms with E-state index >= 15 is 0 Å². The van der Waals surface area contributed by atoms with Gasteiger partial charge in [0.1, 0.15) is 18.0 Å². The summed E-state index contributed by atoms with van der Waals surface area (Å²) >= 11 is 0. The summed E-state index contributed by atoms with van der Waals surface area (Å²) in [5.41, 5.74) is 1.35. The molecule has 1 aliphatic heterocycles. The Morgan fingerprint density at radius 2 is 1.95 bits per heavy atom. The number of anilines is 2. The van der Waals surface area contributed by atoms with Gasteiger partial charge >= 0.3 is 6.18 Å². The van der Waals surface area contributed by atoms with Crippen LogP contribution in [0.4, 0.5) is 24.8 Å². The van der Waals surface area contributed by atoms with Gasteiger partial charge in [0.2, 0.25) is 0 Å². The largest absolute Gasteiger partial charge is 0.416 e. The lowest BCUT2D eigenvalue weighted by Crippen LogP contribution is -2.24. The van der Waals surface area contributed by atoms with E-state index in [1.54, 1.807) is 55.4 Å². The zero-order chi connectivity index (χ0) is 28.2. The number of aromatic nitrogens is 4. The maximum atomic E-state index is 13.7. The number of nitriles is 1.